The molecule has 0 aliphatic carbocycles. The average Bonchev–Trinajstić information content (AvgIpc) is 2.04. The molecule has 0 bridgehead atoms. The van der Waals surface area contributed by atoms with E-state index in [0.717, 1.165) is 0 Å². The van der Waals surface area contributed by atoms with Crippen molar-refractivity contribution in [2.45, 2.75) is 32.6 Å². The molecule has 0 heterocycles. The van der Waals surface area contributed by atoms with E-state index in [4.69, 9.17) is 5.41 Å². The first-order valence-electron chi connectivity index (χ1n) is 3.80. The van der Waals surface area contributed by atoms with Crippen LogP contribution < -0.4 is 0 Å². The minimum Gasteiger partial charge on any atom is -0.300 e. The Morgan fingerprint density at radius 3 is 1.53 bits per heavy atom. The highest BCUT2D eigenvalue weighted by Crippen LogP contribution is 2.23. The van der Waals surface area contributed by atoms with Crippen LogP contribution in [0, 0.1) is 5.41 Å². The zero-order valence-corrected chi connectivity index (χ0v) is 7.88. The molecule has 0 saturated heterocycles. The molecule has 1 N–H and O–H groups in total. The Hall–Kier alpha value is -1.08. The van der Waals surface area contributed by atoms with Crippen LogP contribution in [-0.4, -0.2) is 23.8 Å². The van der Waals surface area contributed by atoms with Gasteiger partial charge in [-0.05, 0) is 0 Å². The van der Waals surface area contributed by atoms with E-state index in [2.05, 4.69) is 0 Å². The molecule has 0 fully saturated rings. The van der Waals surface area contributed by atoms with E-state index < -0.39 is 30.3 Å². The van der Waals surface area contributed by atoms with Crippen molar-refractivity contribution in [3.63, 3.8) is 0 Å². The van der Waals surface area contributed by atoms with Crippen LogP contribution in [0.3, 0.4) is 0 Å². The second-order valence-corrected chi connectivity index (χ2v) is 2.07. The Morgan fingerprint density at radius 2 is 1.33 bits per heavy atom. The molecule has 0 rings (SSSR count). The molecule has 0 spiro atoms. The van der Waals surface area contributed by atoms with E-state index in [1.807, 2.05) is 13.8 Å². The smallest absolute Gasteiger partial charge is 0.300 e. The maximum Gasteiger partial charge on any atom is 0.450 e. The van der Waals surface area contributed by atoms with Crippen molar-refractivity contribution in [1.29, 1.82) is 5.41 Å². The van der Waals surface area contributed by atoms with Crippen LogP contribution in [0.4, 0.5) is 26.3 Å². The summed E-state index contributed by atoms with van der Waals surface area (Å²) in [5, 5.41) is 6.10. The first kappa shape index (κ1) is 16.4. The maximum atomic E-state index is 11.5. The topological polar surface area (TPSA) is 40.9 Å². The van der Waals surface area contributed by atoms with Crippen molar-refractivity contribution < 1.29 is 31.1 Å². The van der Waals surface area contributed by atoms with Crippen molar-refractivity contribution in [2.75, 3.05) is 0 Å². The van der Waals surface area contributed by atoms with Crippen molar-refractivity contribution in [2.24, 2.45) is 0 Å². The summed E-state index contributed by atoms with van der Waals surface area (Å²) >= 11 is 0. The normalized spacial score (nSPS) is 11.5. The van der Waals surface area contributed by atoms with Gasteiger partial charge in [0.05, 0.1) is 6.42 Å². The lowest BCUT2D eigenvalue weighted by molar-refractivity contribution is -0.170. The summed E-state index contributed by atoms with van der Waals surface area (Å²) in [6.45, 7) is 4.00. The number of hydrogen-bond donors (Lipinski definition) is 1. The van der Waals surface area contributed by atoms with Gasteiger partial charge in [-0.3, -0.25) is 4.79 Å². The second kappa shape index (κ2) is 5.72. The van der Waals surface area contributed by atoms with E-state index in [1.54, 1.807) is 0 Å². The summed E-state index contributed by atoms with van der Waals surface area (Å²) in [7, 11) is 0. The van der Waals surface area contributed by atoms with Crippen LogP contribution in [0.15, 0.2) is 0 Å². The summed E-state index contributed by atoms with van der Waals surface area (Å²) in [4.78, 5) is 9.96. The predicted molar refractivity (Wildman–Crippen MR) is 40.8 cm³/mol. The van der Waals surface area contributed by atoms with Gasteiger partial charge >= 0.3 is 12.4 Å². The molecule has 90 valence electrons. The minimum atomic E-state index is -5.32. The van der Waals surface area contributed by atoms with Gasteiger partial charge in [0, 0.05) is 0 Å². The molecular formula is C7H9F6NO. The average molecular weight is 237 g/mol. The summed E-state index contributed by atoms with van der Waals surface area (Å²) in [5.74, 6) is -2.57. The lowest BCUT2D eigenvalue weighted by atomic mass is 10.2. The van der Waals surface area contributed by atoms with Crippen LogP contribution >= 0.6 is 0 Å². The van der Waals surface area contributed by atoms with Crippen molar-refractivity contribution in [3.8, 4) is 0 Å². The number of rotatable bonds is 2. The largest absolute Gasteiger partial charge is 0.450 e. The van der Waals surface area contributed by atoms with Gasteiger partial charge in [0.2, 0.25) is 5.78 Å². The molecule has 0 amide bonds. The quantitative estimate of drug-likeness (QED) is 0.581. The Morgan fingerprint density at radius 1 is 1.00 bits per heavy atom. The van der Waals surface area contributed by atoms with Gasteiger partial charge in [0.1, 0.15) is 5.71 Å². The van der Waals surface area contributed by atoms with Crippen molar-refractivity contribution in [1.82, 2.24) is 0 Å². The standard InChI is InChI=1S/C5H3F6NO.C2H6/c6-4(7,8)2(12)1-3(13)5(9,10)11;1-2/h12H,1H2;1-2H3. The Kier molecular flexibility index (Phi) is 6.23. The predicted octanol–water partition coefficient (Wildman–Crippen LogP) is 3.12. The summed E-state index contributed by atoms with van der Waals surface area (Å²) in [6, 6.07) is 0. The SMILES string of the molecule is CC.N=C(CC(=O)C(F)(F)F)C(F)(F)F. The van der Waals surface area contributed by atoms with Gasteiger partial charge in [-0.2, -0.15) is 26.3 Å². The van der Waals surface area contributed by atoms with Crippen molar-refractivity contribution >= 4 is 11.5 Å². The zero-order chi connectivity index (χ0) is 12.9. The van der Waals surface area contributed by atoms with E-state index in [0.29, 0.717) is 0 Å². The van der Waals surface area contributed by atoms with Crippen LogP contribution in [0.1, 0.15) is 20.3 Å². The Bertz CT molecular complexity index is 205. The fraction of sp³-hybridized carbons (Fsp3) is 0.714. The second-order valence-electron chi connectivity index (χ2n) is 2.07. The first-order chi connectivity index (χ1) is 6.55. The molecule has 0 radical (unpaired) electrons. The molecular weight excluding hydrogens is 228 g/mol. The van der Waals surface area contributed by atoms with E-state index >= 15 is 0 Å². The lowest BCUT2D eigenvalue weighted by Gasteiger charge is -2.08. The molecule has 8 heteroatoms. The third-order valence-corrected chi connectivity index (χ3v) is 0.996. The third kappa shape index (κ3) is 6.92. The Balaban J connectivity index is 0. The molecule has 0 saturated carbocycles. The Labute approximate surface area is 81.8 Å². The number of nitrogens with one attached hydrogen (secondary N) is 1. The molecule has 0 unspecified atom stereocenters. The van der Waals surface area contributed by atoms with Gasteiger partial charge in [-0.1, -0.05) is 13.8 Å². The van der Waals surface area contributed by atoms with Crippen LogP contribution in [-0.2, 0) is 4.79 Å². The number of halogens is 6. The number of Topliss-reactive ketones (excluding diaryl/α,β-unsaturated/α-hetero) is 1. The molecule has 2 nitrogen and oxygen atoms in total. The molecule has 0 aromatic heterocycles. The number of alkyl halides is 6. The van der Waals surface area contributed by atoms with Crippen LogP contribution in [0.5, 0.6) is 0 Å². The maximum absolute atomic E-state index is 11.5. The zero-order valence-electron chi connectivity index (χ0n) is 7.88. The number of carbonyl (C=O) groups excluding carboxylic acids is 1. The van der Waals surface area contributed by atoms with Gasteiger partial charge in [-0.25, -0.2) is 0 Å². The van der Waals surface area contributed by atoms with Gasteiger partial charge in [0.25, 0.3) is 0 Å². The van der Waals surface area contributed by atoms with Crippen LogP contribution in [0.2, 0.25) is 0 Å². The molecule has 0 aliphatic rings. The number of hydrogen-bond acceptors (Lipinski definition) is 2. The highest BCUT2D eigenvalue weighted by molar-refractivity contribution is 6.05. The summed E-state index contributed by atoms with van der Waals surface area (Å²) in [5.41, 5.74) is -2.20. The highest BCUT2D eigenvalue weighted by atomic mass is 19.4. The molecule has 0 aromatic carbocycles. The lowest BCUT2D eigenvalue weighted by Crippen LogP contribution is -2.31. The fourth-order valence-corrected chi connectivity index (χ4v) is 0.361. The summed E-state index contributed by atoms with van der Waals surface area (Å²) in [6.07, 6.45) is -12.5. The first-order valence-corrected chi connectivity index (χ1v) is 3.80. The number of ketones is 1. The van der Waals surface area contributed by atoms with Gasteiger partial charge < -0.3 is 5.41 Å². The number of carbonyl (C=O) groups is 1. The fourth-order valence-electron chi connectivity index (χ4n) is 0.361. The highest BCUT2D eigenvalue weighted by Gasteiger charge is 2.43. The monoisotopic (exact) mass is 237 g/mol. The molecule has 0 aliphatic heterocycles. The molecule has 0 atom stereocenters. The van der Waals surface area contributed by atoms with E-state index in [9.17, 15) is 31.1 Å². The van der Waals surface area contributed by atoms with Crippen molar-refractivity contribution in [3.05, 3.63) is 0 Å². The summed E-state index contributed by atoms with van der Waals surface area (Å²) < 4.78 is 68.5. The third-order valence-electron chi connectivity index (χ3n) is 0.996. The molecule has 15 heavy (non-hydrogen) atoms. The van der Waals surface area contributed by atoms with E-state index in [1.165, 1.54) is 0 Å². The molecule has 0 aromatic rings. The van der Waals surface area contributed by atoms with Gasteiger partial charge in [-0.15, -0.1) is 0 Å². The minimum absolute atomic E-state index is 1.97. The van der Waals surface area contributed by atoms with E-state index in [-0.39, 0.29) is 0 Å². The van der Waals surface area contributed by atoms with Crippen LogP contribution in [0.25, 0.3) is 0 Å². The van der Waals surface area contributed by atoms with Gasteiger partial charge in [0.15, 0.2) is 0 Å².